The Labute approximate surface area is 406 Å². The SMILES string of the molecule is CC/C=C/C/C=C/C/C=C/CCCCCCC(=O)OC(/C=C/CCCCCCCCCCCC)C(COP(=O)(O)OCC[N+](C)(C)C)NC(=O)CCCCCCCCC/C=C/C/C=C/CC. The number of amides is 1. The first-order valence-corrected chi connectivity index (χ1v) is 28.3. The van der Waals surface area contributed by atoms with Gasteiger partial charge in [-0.15, -0.1) is 0 Å². The summed E-state index contributed by atoms with van der Waals surface area (Å²) >= 11 is 0. The Morgan fingerprint density at radius 2 is 0.970 bits per heavy atom. The van der Waals surface area contributed by atoms with E-state index in [9.17, 15) is 19.0 Å². The van der Waals surface area contributed by atoms with Crippen molar-refractivity contribution < 1.29 is 37.3 Å². The molecule has 0 rings (SSSR count). The lowest BCUT2D eigenvalue weighted by molar-refractivity contribution is -0.870. The number of carbonyl (C=O) groups excluding carboxylic acids is 2. The van der Waals surface area contributed by atoms with Gasteiger partial charge in [0.2, 0.25) is 5.91 Å². The maximum Gasteiger partial charge on any atom is 0.472 e. The van der Waals surface area contributed by atoms with Crippen molar-refractivity contribution in [3.63, 3.8) is 0 Å². The van der Waals surface area contributed by atoms with Crippen molar-refractivity contribution in [2.24, 2.45) is 0 Å². The number of esters is 1. The first-order valence-electron chi connectivity index (χ1n) is 26.8. The molecule has 0 saturated carbocycles. The van der Waals surface area contributed by atoms with Crippen LogP contribution in [0.2, 0.25) is 0 Å². The molecular formula is C56H102N2O7P+. The van der Waals surface area contributed by atoms with Gasteiger partial charge in [0.25, 0.3) is 0 Å². The van der Waals surface area contributed by atoms with Gasteiger partial charge in [-0.3, -0.25) is 18.6 Å². The van der Waals surface area contributed by atoms with Crippen molar-refractivity contribution in [3.8, 4) is 0 Å². The molecule has 0 saturated heterocycles. The van der Waals surface area contributed by atoms with E-state index in [0.29, 0.717) is 23.9 Å². The molecule has 0 aliphatic rings. The molecule has 382 valence electrons. The second-order valence-electron chi connectivity index (χ2n) is 19.0. The highest BCUT2D eigenvalue weighted by Gasteiger charge is 2.30. The molecule has 3 unspecified atom stereocenters. The fourth-order valence-corrected chi connectivity index (χ4v) is 8.02. The van der Waals surface area contributed by atoms with Gasteiger partial charge < -0.3 is 19.4 Å². The minimum absolute atomic E-state index is 0.0320. The van der Waals surface area contributed by atoms with Crippen molar-refractivity contribution in [1.29, 1.82) is 0 Å². The number of phosphoric ester groups is 1. The molecule has 0 aromatic rings. The average Bonchev–Trinajstić information content (AvgIpc) is 3.27. The van der Waals surface area contributed by atoms with Crippen LogP contribution in [0.1, 0.15) is 220 Å². The van der Waals surface area contributed by atoms with E-state index in [1.165, 1.54) is 70.6 Å². The van der Waals surface area contributed by atoms with Crippen LogP contribution >= 0.6 is 7.82 Å². The van der Waals surface area contributed by atoms with Crippen LogP contribution in [0.3, 0.4) is 0 Å². The zero-order valence-electron chi connectivity index (χ0n) is 43.4. The molecule has 0 spiro atoms. The Hall–Kier alpha value is -2.55. The van der Waals surface area contributed by atoms with Crippen LogP contribution in [-0.4, -0.2) is 74.3 Å². The third-order valence-electron chi connectivity index (χ3n) is 11.4. The number of nitrogens with one attached hydrogen (secondary N) is 1. The molecule has 0 aliphatic heterocycles. The first-order chi connectivity index (χ1) is 31.9. The second-order valence-corrected chi connectivity index (χ2v) is 20.4. The Bertz CT molecular complexity index is 1370. The quantitative estimate of drug-likeness (QED) is 0.0205. The summed E-state index contributed by atoms with van der Waals surface area (Å²) < 4.78 is 30.5. The van der Waals surface area contributed by atoms with Crippen LogP contribution in [-0.2, 0) is 27.9 Å². The highest BCUT2D eigenvalue weighted by molar-refractivity contribution is 7.47. The van der Waals surface area contributed by atoms with Crippen LogP contribution < -0.4 is 5.32 Å². The Kier molecular flexibility index (Phi) is 44.4. The normalized spacial score (nSPS) is 14.5. The number of phosphoric acid groups is 1. The molecule has 3 atom stereocenters. The van der Waals surface area contributed by atoms with Gasteiger partial charge in [0.05, 0.1) is 33.8 Å². The number of quaternary nitrogens is 1. The maximum absolute atomic E-state index is 13.4. The predicted octanol–water partition coefficient (Wildman–Crippen LogP) is 15.7. The van der Waals surface area contributed by atoms with Gasteiger partial charge in [-0.2, -0.15) is 0 Å². The van der Waals surface area contributed by atoms with Crippen molar-refractivity contribution in [3.05, 3.63) is 72.9 Å². The molecule has 1 amide bonds. The first kappa shape index (κ1) is 63.5. The van der Waals surface area contributed by atoms with E-state index in [1.807, 2.05) is 33.3 Å². The highest BCUT2D eigenvalue weighted by Crippen LogP contribution is 2.43. The summed E-state index contributed by atoms with van der Waals surface area (Å²) in [7, 11) is 1.47. The van der Waals surface area contributed by atoms with Crippen LogP contribution in [0.4, 0.5) is 0 Å². The minimum atomic E-state index is -4.45. The van der Waals surface area contributed by atoms with E-state index in [4.69, 9.17) is 13.8 Å². The Balaban J connectivity index is 5.46. The molecule has 0 bridgehead atoms. The van der Waals surface area contributed by atoms with Crippen molar-refractivity contribution in [2.75, 3.05) is 40.9 Å². The summed E-state index contributed by atoms with van der Waals surface area (Å²) in [5, 5.41) is 3.03. The topological polar surface area (TPSA) is 111 Å². The Morgan fingerprint density at radius 1 is 0.545 bits per heavy atom. The Morgan fingerprint density at radius 3 is 1.45 bits per heavy atom. The lowest BCUT2D eigenvalue weighted by Gasteiger charge is -2.27. The number of hydrogen-bond donors (Lipinski definition) is 2. The molecule has 0 aromatic heterocycles. The van der Waals surface area contributed by atoms with Crippen LogP contribution in [0, 0.1) is 0 Å². The van der Waals surface area contributed by atoms with Gasteiger partial charge in [0.1, 0.15) is 19.3 Å². The molecule has 0 aromatic carbocycles. The van der Waals surface area contributed by atoms with E-state index < -0.39 is 20.0 Å². The van der Waals surface area contributed by atoms with Gasteiger partial charge >= 0.3 is 13.8 Å². The number of likely N-dealkylation sites (N-methyl/N-ethyl adjacent to an activating group) is 1. The number of allylic oxidation sites excluding steroid dienone is 11. The number of nitrogens with zero attached hydrogens (tertiary/aromatic N) is 1. The fraction of sp³-hybridized carbons (Fsp3) is 0.750. The zero-order chi connectivity index (χ0) is 48.7. The number of hydrogen-bond acceptors (Lipinski definition) is 6. The second kappa shape index (κ2) is 46.2. The largest absolute Gasteiger partial charge is 0.472 e. The zero-order valence-corrected chi connectivity index (χ0v) is 44.3. The van der Waals surface area contributed by atoms with Crippen LogP contribution in [0.25, 0.3) is 0 Å². The monoisotopic (exact) mass is 946 g/mol. The van der Waals surface area contributed by atoms with Crippen LogP contribution in [0.15, 0.2) is 72.9 Å². The number of ether oxygens (including phenoxy) is 1. The van der Waals surface area contributed by atoms with Gasteiger partial charge in [-0.05, 0) is 89.5 Å². The van der Waals surface area contributed by atoms with Gasteiger partial charge in [0.15, 0.2) is 0 Å². The van der Waals surface area contributed by atoms with E-state index in [1.54, 1.807) is 0 Å². The molecule has 66 heavy (non-hydrogen) atoms. The molecule has 0 radical (unpaired) electrons. The molecule has 2 N–H and O–H groups in total. The maximum atomic E-state index is 13.4. The molecule has 10 heteroatoms. The van der Waals surface area contributed by atoms with Gasteiger partial charge in [0, 0.05) is 12.8 Å². The summed E-state index contributed by atoms with van der Waals surface area (Å²) in [5.74, 6) is -0.545. The molecule has 0 fully saturated rings. The summed E-state index contributed by atoms with van der Waals surface area (Å²) in [5.41, 5.74) is 0. The molecule has 0 aliphatic carbocycles. The van der Waals surface area contributed by atoms with Crippen LogP contribution in [0.5, 0.6) is 0 Å². The smallest absolute Gasteiger partial charge is 0.456 e. The van der Waals surface area contributed by atoms with E-state index in [0.717, 1.165) is 109 Å². The van der Waals surface area contributed by atoms with E-state index in [2.05, 4.69) is 86.8 Å². The summed E-state index contributed by atoms with van der Waals surface area (Å²) in [6.07, 6.45) is 57.5. The lowest BCUT2D eigenvalue weighted by atomic mass is 10.0. The summed E-state index contributed by atoms with van der Waals surface area (Å²) in [6, 6.07) is -0.862. The molecule has 9 nitrogen and oxygen atoms in total. The number of rotatable bonds is 47. The number of unbranched alkanes of at least 4 members (excludes halogenated alkanes) is 21. The molecular weight excluding hydrogens is 844 g/mol. The lowest BCUT2D eigenvalue weighted by Crippen LogP contribution is -2.47. The van der Waals surface area contributed by atoms with Crippen molar-refractivity contribution in [2.45, 2.75) is 232 Å². The fourth-order valence-electron chi connectivity index (χ4n) is 7.28. The number of carbonyl (C=O) groups is 2. The average molecular weight is 946 g/mol. The minimum Gasteiger partial charge on any atom is -0.456 e. The predicted molar refractivity (Wildman–Crippen MR) is 281 cm³/mol. The third kappa shape index (κ3) is 46.6. The summed E-state index contributed by atoms with van der Waals surface area (Å²) in [4.78, 5) is 37.5. The highest BCUT2D eigenvalue weighted by atomic mass is 31.2. The van der Waals surface area contributed by atoms with Crippen molar-refractivity contribution >= 4 is 19.7 Å². The van der Waals surface area contributed by atoms with Gasteiger partial charge in [-0.25, -0.2) is 4.57 Å². The van der Waals surface area contributed by atoms with E-state index in [-0.39, 0.29) is 31.5 Å². The van der Waals surface area contributed by atoms with Crippen molar-refractivity contribution in [1.82, 2.24) is 5.32 Å². The standard InChI is InChI=1S/C56H101N2O7P/c1-7-10-13-16-19-22-25-28-30-33-36-39-42-45-48-55(59)57-53(52-64-66(61,62)63-51-50-58(4,5)6)54(47-44-41-38-35-32-27-24-21-18-15-12-9-3)65-56(60)49-46-43-40-37-34-31-29-26-23-20-17-14-11-8-2/h10-11,13-14,19-20,22-23,29,31,44,47,53-54H,7-9,12,15-18,21,24-28,30,32-43,45-46,48-52H2,1-6H3,(H-,57,59,61,62)/p+1/b13-10+,14-11+,22-19+,23-20+,31-29+,47-44+. The summed E-state index contributed by atoms with van der Waals surface area (Å²) in [6.45, 7) is 6.75. The third-order valence-corrected chi connectivity index (χ3v) is 12.4. The van der Waals surface area contributed by atoms with Gasteiger partial charge in [-0.1, -0.05) is 190 Å². The van der Waals surface area contributed by atoms with E-state index >= 15 is 0 Å². The molecule has 0 heterocycles.